The van der Waals surface area contributed by atoms with Crippen LogP contribution < -0.4 is 19.5 Å². The molecule has 0 aliphatic carbocycles. The van der Waals surface area contributed by atoms with E-state index >= 15 is 0 Å². The van der Waals surface area contributed by atoms with E-state index in [0.29, 0.717) is 18.0 Å². The van der Waals surface area contributed by atoms with Crippen LogP contribution in [0, 0.1) is 0 Å². The van der Waals surface area contributed by atoms with E-state index < -0.39 is 15.9 Å². The third kappa shape index (κ3) is 5.03. The van der Waals surface area contributed by atoms with Crippen LogP contribution in [0.25, 0.3) is 0 Å². The first-order valence-corrected chi connectivity index (χ1v) is 10.4. The van der Waals surface area contributed by atoms with Gasteiger partial charge in [-0.15, -0.1) is 0 Å². The minimum atomic E-state index is -4.00. The van der Waals surface area contributed by atoms with Crippen LogP contribution in [0.3, 0.4) is 0 Å². The fraction of sp³-hybridized carbons (Fsp3) is 0.150. The Hall–Kier alpha value is -3.66. The Morgan fingerprint density at radius 2 is 1.80 bits per heavy atom. The molecule has 0 atom stereocenters. The van der Waals surface area contributed by atoms with Gasteiger partial charge in [0, 0.05) is 23.8 Å². The number of anilines is 2. The van der Waals surface area contributed by atoms with Crippen LogP contribution in [0.5, 0.6) is 11.5 Å². The molecular weight excluding hydrogens is 408 g/mol. The van der Waals surface area contributed by atoms with Crippen LogP contribution >= 0.6 is 0 Å². The van der Waals surface area contributed by atoms with Crippen molar-refractivity contribution in [3.8, 4) is 11.5 Å². The maximum atomic E-state index is 12.9. The highest BCUT2D eigenvalue weighted by atomic mass is 32.2. The number of aromatic nitrogens is 2. The van der Waals surface area contributed by atoms with Crippen LogP contribution in [0.4, 0.5) is 11.4 Å². The minimum Gasteiger partial charge on any atom is -0.495 e. The summed E-state index contributed by atoms with van der Waals surface area (Å²) < 4.78 is 38.9. The van der Waals surface area contributed by atoms with Gasteiger partial charge < -0.3 is 14.8 Å². The van der Waals surface area contributed by atoms with Crippen LogP contribution in [0.15, 0.2) is 66.0 Å². The molecule has 9 nitrogen and oxygen atoms in total. The molecule has 2 aromatic carbocycles. The van der Waals surface area contributed by atoms with Gasteiger partial charge in [-0.25, -0.2) is 13.4 Å². The number of hydrogen-bond acceptors (Lipinski definition) is 7. The third-order valence-electron chi connectivity index (χ3n) is 3.92. The van der Waals surface area contributed by atoms with E-state index in [1.165, 1.54) is 43.9 Å². The molecule has 0 spiro atoms. The van der Waals surface area contributed by atoms with Crippen molar-refractivity contribution in [1.29, 1.82) is 0 Å². The number of carbonyl (C=O) groups is 1. The van der Waals surface area contributed by atoms with Gasteiger partial charge in [-0.2, -0.15) is 0 Å². The lowest BCUT2D eigenvalue weighted by molar-refractivity contribution is 0.102. The Morgan fingerprint density at radius 1 is 1.07 bits per heavy atom. The Labute approximate surface area is 174 Å². The second-order valence-corrected chi connectivity index (χ2v) is 7.62. The van der Waals surface area contributed by atoms with E-state index in [2.05, 4.69) is 20.0 Å². The molecular formula is C20H20N4O5S. The summed E-state index contributed by atoms with van der Waals surface area (Å²) in [6.07, 6.45) is 4.14. The molecule has 1 heterocycles. The first-order chi connectivity index (χ1) is 14.4. The topological polar surface area (TPSA) is 120 Å². The third-order valence-corrected chi connectivity index (χ3v) is 5.33. The summed E-state index contributed by atoms with van der Waals surface area (Å²) in [5.41, 5.74) is 0.721. The maximum Gasteiger partial charge on any atom is 0.275 e. The molecule has 156 valence electrons. The lowest BCUT2D eigenvalue weighted by Gasteiger charge is -2.14. The lowest BCUT2D eigenvalue weighted by atomic mass is 10.3. The highest BCUT2D eigenvalue weighted by molar-refractivity contribution is 7.92. The average Bonchev–Trinajstić information content (AvgIpc) is 2.75. The van der Waals surface area contributed by atoms with Crippen LogP contribution in [-0.2, 0) is 10.0 Å². The van der Waals surface area contributed by atoms with Gasteiger partial charge in [0.2, 0.25) is 0 Å². The molecule has 0 fully saturated rings. The molecule has 0 bridgehead atoms. The van der Waals surface area contributed by atoms with Crippen molar-refractivity contribution in [2.24, 2.45) is 0 Å². The zero-order valence-electron chi connectivity index (χ0n) is 16.3. The molecule has 0 saturated heterocycles. The zero-order chi connectivity index (χ0) is 21.6. The van der Waals surface area contributed by atoms with Gasteiger partial charge in [0.25, 0.3) is 15.9 Å². The number of sulfonamides is 1. The van der Waals surface area contributed by atoms with E-state index in [-0.39, 0.29) is 22.0 Å². The van der Waals surface area contributed by atoms with Crippen molar-refractivity contribution in [1.82, 2.24) is 9.97 Å². The van der Waals surface area contributed by atoms with Crippen LogP contribution in [-0.4, -0.2) is 38.0 Å². The van der Waals surface area contributed by atoms with Crippen LogP contribution in [0.2, 0.25) is 0 Å². The molecule has 1 amide bonds. The Bertz CT molecular complexity index is 1120. The normalized spacial score (nSPS) is 10.9. The van der Waals surface area contributed by atoms with E-state index in [4.69, 9.17) is 9.47 Å². The van der Waals surface area contributed by atoms with Crippen molar-refractivity contribution in [2.45, 2.75) is 11.8 Å². The van der Waals surface area contributed by atoms with E-state index in [1.807, 2.05) is 6.92 Å². The van der Waals surface area contributed by atoms with Gasteiger partial charge >= 0.3 is 0 Å². The molecule has 10 heteroatoms. The molecule has 2 N–H and O–H groups in total. The largest absolute Gasteiger partial charge is 0.495 e. The van der Waals surface area contributed by atoms with Gasteiger partial charge in [-0.05, 0) is 49.4 Å². The van der Waals surface area contributed by atoms with Crippen molar-refractivity contribution >= 4 is 27.3 Å². The molecule has 3 aromatic rings. The Kier molecular flexibility index (Phi) is 6.48. The van der Waals surface area contributed by atoms with Gasteiger partial charge in [0.15, 0.2) is 0 Å². The van der Waals surface area contributed by atoms with E-state index in [1.54, 1.807) is 24.3 Å². The van der Waals surface area contributed by atoms with Crippen molar-refractivity contribution < 1.29 is 22.7 Å². The highest BCUT2D eigenvalue weighted by Crippen LogP contribution is 2.29. The molecule has 30 heavy (non-hydrogen) atoms. The standard InChI is InChI=1S/C20H20N4O5S/c1-3-29-16-7-4-14(5-8-16)24-30(26,27)19-12-15(6-9-18(19)28-2)23-20(25)17-13-21-10-11-22-17/h4-13,24H,3H2,1-2H3,(H,23,25). The predicted octanol–water partition coefficient (Wildman–Crippen LogP) is 2.94. The highest BCUT2D eigenvalue weighted by Gasteiger charge is 2.21. The van der Waals surface area contributed by atoms with Crippen molar-refractivity contribution in [3.63, 3.8) is 0 Å². The quantitative estimate of drug-likeness (QED) is 0.566. The molecule has 3 rings (SSSR count). The molecule has 0 radical (unpaired) electrons. The number of benzene rings is 2. The fourth-order valence-electron chi connectivity index (χ4n) is 2.57. The number of rotatable bonds is 8. The number of ether oxygens (including phenoxy) is 2. The Balaban J connectivity index is 1.85. The van der Waals surface area contributed by atoms with Crippen molar-refractivity contribution in [3.05, 3.63) is 66.7 Å². The summed E-state index contributed by atoms with van der Waals surface area (Å²) in [4.78, 5) is 19.9. The van der Waals surface area contributed by atoms with Gasteiger partial charge in [0.05, 0.1) is 19.9 Å². The summed E-state index contributed by atoms with van der Waals surface area (Å²) >= 11 is 0. The number of methoxy groups -OCH3 is 1. The first-order valence-electron chi connectivity index (χ1n) is 8.94. The molecule has 0 aliphatic heterocycles. The lowest BCUT2D eigenvalue weighted by Crippen LogP contribution is -2.16. The summed E-state index contributed by atoms with van der Waals surface area (Å²) in [5, 5.41) is 2.60. The molecule has 0 aliphatic rings. The zero-order valence-corrected chi connectivity index (χ0v) is 17.1. The van der Waals surface area contributed by atoms with Crippen LogP contribution in [0.1, 0.15) is 17.4 Å². The second kappa shape index (κ2) is 9.23. The summed E-state index contributed by atoms with van der Waals surface area (Å²) in [7, 11) is -2.64. The average molecular weight is 428 g/mol. The second-order valence-electron chi connectivity index (χ2n) is 5.97. The fourth-order valence-corrected chi connectivity index (χ4v) is 3.83. The number of amides is 1. The number of hydrogen-bond donors (Lipinski definition) is 2. The predicted molar refractivity (Wildman–Crippen MR) is 111 cm³/mol. The summed E-state index contributed by atoms with van der Waals surface area (Å²) in [5.74, 6) is 0.244. The van der Waals surface area contributed by atoms with Gasteiger partial charge in [0.1, 0.15) is 22.1 Å². The van der Waals surface area contributed by atoms with Gasteiger partial charge in [-0.3, -0.25) is 14.5 Å². The SMILES string of the molecule is CCOc1ccc(NS(=O)(=O)c2cc(NC(=O)c3cnccn3)ccc2OC)cc1. The molecule has 1 aromatic heterocycles. The smallest absolute Gasteiger partial charge is 0.275 e. The Morgan fingerprint density at radius 3 is 2.43 bits per heavy atom. The van der Waals surface area contributed by atoms with Crippen molar-refractivity contribution in [2.75, 3.05) is 23.8 Å². The van der Waals surface area contributed by atoms with Gasteiger partial charge in [-0.1, -0.05) is 0 Å². The minimum absolute atomic E-state index is 0.102. The number of nitrogens with one attached hydrogen (secondary N) is 2. The van der Waals surface area contributed by atoms with E-state index in [0.717, 1.165) is 0 Å². The monoisotopic (exact) mass is 428 g/mol. The number of nitrogens with zero attached hydrogens (tertiary/aromatic N) is 2. The first kappa shape index (κ1) is 21.1. The molecule has 0 unspecified atom stereocenters. The number of carbonyl (C=O) groups excluding carboxylic acids is 1. The summed E-state index contributed by atoms with van der Waals surface area (Å²) in [6.45, 7) is 2.37. The molecule has 0 saturated carbocycles. The maximum absolute atomic E-state index is 12.9. The van der Waals surface area contributed by atoms with E-state index in [9.17, 15) is 13.2 Å². The summed E-state index contributed by atoms with van der Waals surface area (Å²) in [6, 6.07) is 10.8.